The van der Waals surface area contributed by atoms with Crippen LogP contribution in [0.25, 0.3) is 0 Å². The first-order valence-electron chi connectivity index (χ1n) is 5.89. The summed E-state index contributed by atoms with van der Waals surface area (Å²) in [4.78, 5) is 11.3. The maximum atomic E-state index is 11.3. The molecule has 0 aromatic heterocycles. The van der Waals surface area contributed by atoms with E-state index in [9.17, 15) is 4.79 Å². The third-order valence-corrected chi connectivity index (χ3v) is 2.55. The largest absolute Gasteiger partial charge is 0.355 e. The Morgan fingerprint density at radius 3 is 2.93 bits per heavy atom. The maximum absolute atomic E-state index is 11.3. The number of amides is 1. The van der Waals surface area contributed by atoms with Crippen LogP contribution in [0.5, 0.6) is 0 Å². The second kappa shape index (κ2) is 6.80. The van der Waals surface area contributed by atoms with Crippen molar-refractivity contribution in [3.05, 3.63) is 0 Å². The lowest BCUT2D eigenvalue weighted by atomic mass is 10.2. The van der Waals surface area contributed by atoms with Gasteiger partial charge in [0, 0.05) is 19.1 Å². The highest BCUT2D eigenvalue weighted by atomic mass is 16.1. The average Bonchev–Trinajstić information content (AvgIpc) is 2.67. The standard InChI is InChI=1S/C11H23N3O/c1-9(2)6-14-11(15)8-12-7-10-4-3-5-13-10/h9-10,12-13H,3-8H2,1-2H3,(H,14,15). The van der Waals surface area contributed by atoms with Crippen molar-refractivity contribution in [2.45, 2.75) is 32.7 Å². The van der Waals surface area contributed by atoms with Gasteiger partial charge in [-0.3, -0.25) is 4.79 Å². The molecule has 0 saturated carbocycles. The van der Waals surface area contributed by atoms with Crippen LogP contribution in [-0.2, 0) is 4.79 Å². The van der Waals surface area contributed by atoms with Gasteiger partial charge >= 0.3 is 0 Å². The highest BCUT2D eigenvalue weighted by Crippen LogP contribution is 2.02. The Morgan fingerprint density at radius 2 is 2.33 bits per heavy atom. The van der Waals surface area contributed by atoms with Crippen molar-refractivity contribution in [2.75, 3.05) is 26.2 Å². The fourth-order valence-electron chi connectivity index (χ4n) is 1.67. The number of hydrogen-bond donors (Lipinski definition) is 3. The van der Waals surface area contributed by atoms with Crippen molar-refractivity contribution in [3.8, 4) is 0 Å². The third kappa shape index (κ3) is 5.74. The van der Waals surface area contributed by atoms with Gasteiger partial charge in [0.25, 0.3) is 0 Å². The van der Waals surface area contributed by atoms with Crippen LogP contribution < -0.4 is 16.0 Å². The summed E-state index contributed by atoms with van der Waals surface area (Å²) in [5.41, 5.74) is 0. The molecule has 88 valence electrons. The molecule has 1 rings (SSSR count). The fourth-order valence-corrected chi connectivity index (χ4v) is 1.67. The molecule has 0 aromatic rings. The maximum Gasteiger partial charge on any atom is 0.233 e. The first-order chi connectivity index (χ1) is 7.18. The Morgan fingerprint density at radius 1 is 1.53 bits per heavy atom. The number of rotatable bonds is 6. The zero-order chi connectivity index (χ0) is 11.1. The van der Waals surface area contributed by atoms with Crippen LogP contribution in [0.15, 0.2) is 0 Å². The van der Waals surface area contributed by atoms with E-state index in [1.807, 2.05) is 0 Å². The lowest BCUT2D eigenvalue weighted by Crippen LogP contribution is -2.40. The van der Waals surface area contributed by atoms with E-state index in [4.69, 9.17) is 0 Å². The van der Waals surface area contributed by atoms with Crippen molar-refractivity contribution >= 4 is 5.91 Å². The summed E-state index contributed by atoms with van der Waals surface area (Å²) in [5, 5.41) is 9.45. The fraction of sp³-hybridized carbons (Fsp3) is 0.909. The van der Waals surface area contributed by atoms with Crippen LogP contribution in [0.4, 0.5) is 0 Å². The van der Waals surface area contributed by atoms with E-state index in [0.717, 1.165) is 19.6 Å². The van der Waals surface area contributed by atoms with Gasteiger partial charge < -0.3 is 16.0 Å². The van der Waals surface area contributed by atoms with Crippen molar-refractivity contribution in [1.29, 1.82) is 0 Å². The molecule has 1 saturated heterocycles. The summed E-state index contributed by atoms with van der Waals surface area (Å²) >= 11 is 0. The van der Waals surface area contributed by atoms with E-state index >= 15 is 0 Å². The van der Waals surface area contributed by atoms with Crippen LogP contribution in [0, 0.1) is 5.92 Å². The van der Waals surface area contributed by atoms with E-state index in [1.54, 1.807) is 0 Å². The van der Waals surface area contributed by atoms with Gasteiger partial charge in [0.05, 0.1) is 6.54 Å². The Bertz CT molecular complexity index is 188. The van der Waals surface area contributed by atoms with Crippen LogP contribution in [-0.4, -0.2) is 38.1 Å². The van der Waals surface area contributed by atoms with Gasteiger partial charge in [-0.1, -0.05) is 13.8 Å². The molecule has 4 nitrogen and oxygen atoms in total. The minimum Gasteiger partial charge on any atom is -0.355 e. The molecule has 1 heterocycles. The van der Waals surface area contributed by atoms with Gasteiger partial charge in [-0.15, -0.1) is 0 Å². The first kappa shape index (κ1) is 12.5. The van der Waals surface area contributed by atoms with Gasteiger partial charge in [-0.25, -0.2) is 0 Å². The van der Waals surface area contributed by atoms with Crippen LogP contribution in [0.1, 0.15) is 26.7 Å². The van der Waals surface area contributed by atoms with Gasteiger partial charge in [0.15, 0.2) is 0 Å². The quantitative estimate of drug-likeness (QED) is 0.586. The second-order valence-electron chi connectivity index (χ2n) is 4.62. The summed E-state index contributed by atoms with van der Waals surface area (Å²) in [5.74, 6) is 0.618. The molecule has 0 spiro atoms. The number of hydrogen-bond acceptors (Lipinski definition) is 3. The van der Waals surface area contributed by atoms with Crippen LogP contribution >= 0.6 is 0 Å². The van der Waals surface area contributed by atoms with Crippen LogP contribution in [0.2, 0.25) is 0 Å². The second-order valence-corrected chi connectivity index (χ2v) is 4.62. The van der Waals surface area contributed by atoms with E-state index in [2.05, 4.69) is 29.8 Å². The number of carbonyl (C=O) groups is 1. The molecule has 0 aromatic carbocycles. The third-order valence-electron chi connectivity index (χ3n) is 2.55. The van der Waals surface area contributed by atoms with E-state index in [1.165, 1.54) is 12.8 Å². The van der Waals surface area contributed by atoms with Crippen molar-refractivity contribution in [2.24, 2.45) is 5.92 Å². The predicted molar refractivity (Wildman–Crippen MR) is 61.7 cm³/mol. The number of carbonyl (C=O) groups excluding carboxylic acids is 1. The van der Waals surface area contributed by atoms with E-state index < -0.39 is 0 Å². The minimum atomic E-state index is 0.0988. The summed E-state index contributed by atoms with van der Waals surface area (Å²) < 4.78 is 0. The van der Waals surface area contributed by atoms with Gasteiger partial charge in [-0.2, -0.15) is 0 Å². The molecule has 1 aliphatic rings. The van der Waals surface area contributed by atoms with E-state index in [0.29, 0.717) is 18.5 Å². The van der Waals surface area contributed by atoms with Crippen molar-refractivity contribution in [3.63, 3.8) is 0 Å². The molecular weight excluding hydrogens is 190 g/mol. The summed E-state index contributed by atoms with van der Waals surface area (Å²) in [6, 6.07) is 0.558. The summed E-state index contributed by atoms with van der Waals surface area (Å²) in [6.45, 7) is 7.40. The van der Waals surface area contributed by atoms with Crippen molar-refractivity contribution in [1.82, 2.24) is 16.0 Å². The van der Waals surface area contributed by atoms with Crippen molar-refractivity contribution < 1.29 is 4.79 Å². The molecule has 0 radical (unpaired) electrons. The Balaban J connectivity index is 1.96. The Hall–Kier alpha value is -0.610. The topological polar surface area (TPSA) is 53.2 Å². The molecule has 1 aliphatic heterocycles. The predicted octanol–water partition coefficient (Wildman–Crippen LogP) is 0.100. The lowest BCUT2D eigenvalue weighted by Gasteiger charge is -2.12. The Kier molecular flexibility index (Phi) is 5.65. The van der Waals surface area contributed by atoms with Gasteiger partial charge in [0.2, 0.25) is 5.91 Å². The molecule has 1 amide bonds. The summed E-state index contributed by atoms with van der Waals surface area (Å²) in [7, 11) is 0. The molecule has 0 aliphatic carbocycles. The SMILES string of the molecule is CC(C)CNC(=O)CNCC1CCCN1. The molecule has 3 N–H and O–H groups in total. The molecular formula is C11H23N3O. The molecule has 15 heavy (non-hydrogen) atoms. The van der Waals surface area contributed by atoms with Gasteiger partial charge in [0.1, 0.15) is 0 Å². The lowest BCUT2D eigenvalue weighted by molar-refractivity contribution is -0.120. The molecule has 1 unspecified atom stereocenters. The highest BCUT2D eigenvalue weighted by molar-refractivity contribution is 5.77. The monoisotopic (exact) mass is 213 g/mol. The normalized spacial score (nSPS) is 20.9. The average molecular weight is 213 g/mol. The molecule has 0 bridgehead atoms. The Labute approximate surface area is 92.2 Å². The molecule has 1 fully saturated rings. The first-order valence-corrected chi connectivity index (χ1v) is 5.89. The summed E-state index contributed by atoms with van der Waals surface area (Å²) in [6.07, 6.45) is 2.48. The van der Waals surface area contributed by atoms with Gasteiger partial charge in [-0.05, 0) is 25.3 Å². The highest BCUT2D eigenvalue weighted by Gasteiger charge is 2.13. The minimum absolute atomic E-state index is 0.0988. The number of nitrogens with one attached hydrogen (secondary N) is 3. The van der Waals surface area contributed by atoms with Crippen LogP contribution in [0.3, 0.4) is 0 Å². The smallest absolute Gasteiger partial charge is 0.233 e. The zero-order valence-electron chi connectivity index (χ0n) is 9.81. The zero-order valence-corrected chi connectivity index (χ0v) is 9.81. The van der Waals surface area contributed by atoms with E-state index in [-0.39, 0.29) is 5.91 Å². The molecule has 4 heteroatoms. The molecule has 1 atom stereocenters.